The topological polar surface area (TPSA) is 121 Å². The third kappa shape index (κ3) is 9.11. The van der Waals surface area contributed by atoms with Crippen LogP contribution in [-0.2, 0) is 16.1 Å². The fraction of sp³-hybridized carbons (Fsp3) is 0.429. The second kappa shape index (κ2) is 15.1. The molecule has 2 amide bonds. The van der Waals surface area contributed by atoms with Crippen LogP contribution in [-0.4, -0.2) is 59.0 Å². The molecule has 0 aliphatic heterocycles. The number of halogens is 1. The summed E-state index contributed by atoms with van der Waals surface area (Å²) in [7, 11) is 3.75. The summed E-state index contributed by atoms with van der Waals surface area (Å²) in [6, 6.07) is 8.05. The van der Waals surface area contributed by atoms with E-state index in [0.717, 1.165) is 22.3 Å². The maximum Gasteiger partial charge on any atom is 0.305 e. The smallest absolute Gasteiger partial charge is 0.305 e. The zero-order valence-electron chi connectivity index (χ0n) is 27.5. The highest BCUT2D eigenvalue weighted by atomic mass is 19.1. The van der Waals surface area contributed by atoms with Crippen molar-refractivity contribution in [3.8, 4) is 11.1 Å². The predicted octanol–water partition coefficient (Wildman–Crippen LogP) is 4.93. The lowest BCUT2D eigenvalue weighted by molar-refractivity contribution is -0.137. The number of nitrogens with zero attached hydrogens (tertiary/aromatic N) is 2. The Morgan fingerprint density at radius 1 is 0.978 bits per heavy atom. The molecule has 10 heteroatoms. The molecular formula is C35H45FN4O5. The lowest BCUT2D eigenvalue weighted by atomic mass is 9.89. The zero-order valence-corrected chi connectivity index (χ0v) is 27.5. The number of benzene rings is 2. The van der Waals surface area contributed by atoms with Gasteiger partial charge in [0, 0.05) is 24.8 Å². The van der Waals surface area contributed by atoms with Gasteiger partial charge in [-0.15, -0.1) is 0 Å². The lowest BCUT2D eigenvalue weighted by Gasteiger charge is -2.25. The number of nitrogens with one attached hydrogen (secondary N) is 2. The van der Waals surface area contributed by atoms with Gasteiger partial charge in [0.1, 0.15) is 17.4 Å². The number of carbonyl (C=O) groups is 3. The van der Waals surface area contributed by atoms with Crippen LogP contribution < -0.4 is 16.2 Å². The van der Waals surface area contributed by atoms with E-state index >= 15 is 4.39 Å². The Morgan fingerprint density at radius 2 is 1.62 bits per heavy atom. The third-order valence-electron chi connectivity index (χ3n) is 7.70. The van der Waals surface area contributed by atoms with Gasteiger partial charge in [-0.2, -0.15) is 0 Å². The molecule has 0 saturated heterocycles. The number of aryl methyl sites for hydroxylation is 4. The van der Waals surface area contributed by atoms with Gasteiger partial charge in [-0.05, 0) is 106 Å². The summed E-state index contributed by atoms with van der Waals surface area (Å²) in [6.45, 7) is 12.2. The molecule has 2 aromatic carbocycles. The Labute approximate surface area is 264 Å². The van der Waals surface area contributed by atoms with E-state index in [0.29, 0.717) is 24.2 Å². The van der Waals surface area contributed by atoms with Gasteiger partial charge in [-0.1, -0.05) is 31.5 Å². The van der Waals surface area contributed by atoms with Crippen LogP contribution in [0.4, 0.5) is 4.39 Å². The summed E-state index contributed by atoms with van der Waals surface area (Å²) >= 11 is 0. The van der Waals surface area contributed by atoms with Crippen molar-refractivity contribution in [1.82, 2.24) is 20.1 Å². The number of rotatable bonds is 13. The van der Waals surface area contributed by atoms with E-state index in [9.17, 15) is 24.3 Å². The molecule has 0 fully saturated rings. The number of aliphatic carboxylic acids is 1. The SMILES string of the molecule is Cc1cc(C)c(-c2cc(C)c(F)c(C(CC(=O)O)NC(=O)[C@H](CC(C)C)NC(=O)c3cccn(CCN(C)C)c3=O)c2)c(C)c1. The van der Waals surface area contributed by atoms with Crippen LogP contribution in [0.2, 0.25) is 0 Å². The molecule has 0 radical (unpaired) electrons. The normalized spacial score (nSPS) is 12.7. The van der Waals surface area contributed by atoms with Crippen molar-refractivity contribution in [2.45, 2.75) is 73.0 Å². The zero-order chi connectivity index (χ0) is 33.6. The first kappa shape index (κ1) is 35.2. The molecule has 45 heavy (non-hydrogen) atoms. The maximum absolute atomic E-state index is 15.7. The minimum atomic E-state index is -1.22. The first-order chi connectivity index (χ1) is 21.1. The fourth-order valence-corrected chi connectivity index (χ4v) is 5.65. The first-order valence-electron chi connectivity index (χ1n) is 15.1. The summed E-state index contributed by atoms with van der Waals surface area (Å²) in [5.41, 5.74) is 4.45. The van der Waals surface area contributed by atoms with Gasteiger partial charge >= 0.3 is 5.97 Å². The summed E-state index contributed by atoms with van der Waals surface area (Å²) in [6.07, 6.45) is 1.24. The Morgan fingerprint density at radius 3 is 2.20 bits per heavy atom. The average molecular weight is 621 g/mol. The lowest BCUT2D eigenvalue weighted by Crippen LogP contribution is -2.49. The quantitative estimate of drug-likeness (QED) is 0.249. The van der Waals surface area contributed by atoms with Crippen molar-refractivity contribution in [3.63, 3.8) is 0 Å². The molecule has 1 unspecified atom stereocenters. The Kier molecular flexibility index (Phi) is 11.8. The Bertz CT molecular complexity index is 1610. The molecule has 0 saturated carbocycles. The number of hydrogen-bond acceptors (Lipinski definition) is 5. The number of carbonyl (C=O) groups excluding carboxylic acids is 2. The number of aromatic nitrogens is 1. The highest BCUT2D eigenvalue weighted by molar-refractivity contribution is 5.97. The molecule has 0 aliphatic carbocycles. The van der Waals surface area contributed by atoms with Crippen molar-refractivity contribution >= 4 is 17.8 Å². The summed E-state index contributed by atoms with van der Waals surface area (Å²) < 4.78 is 17.1. The molecule has 0 spiro atoms. The van der Waals surface area contributed by atoms with E-state index in [-0.39, 0.29) is 23.5 Å². The number of hydrogen-bond donors (Lipinski definition) is 3. The summed E-state index contributed by atoms with van der Waals surface area (Å²) in [4.78, 5) is 53.9. The third-order valence-corrected chi connectivity index (χ3v) is 7.70. The molecule has 1 aromatic heterocycles. The number of carboxylic acids is 1. The van der Waals surface area contributed by atoms with Gasteiger partial charge in [0.15, 0.2) is 0 Å². The van der Waals surface area contributed by atoms with Crippen LogP contribution in [0.5, 0.6) is 0 Å². The van der Waals surface area contributed by atoms with Crippen molar-refractivity contribution < 1.29 is 23.9 Å². The minimum absolute atomic E-state index is 0.0405. The molecule has 0 bridgehead atoms. The van der Waals surface area contributed by atoms with Gasteiger partial charge < -0.3 is 25.2 Å². The Balaban J connectivity index is 1.97. The number of likely N-dealkylation sites (N-methyl/N-ethyl adjacent to an activating group) is 1. The molecule has 2 atom stereocenters. The van der Waals surface area contributed by atoms with Crippen LogP contribution in [0.1, 0.15) is 70.9 Å². The molecule has 3 N–H and O–H groups in total. The van der Waals surface area contributed by atoms with E-state index in [2.05, 4.69) is 10.6 Å². The Hall–Kier alpha value is -4.31. The first-order valence-corrected chi connectivity index (χ1v) is 15.1. The van der Waals surface area contributed by atoms with Crippen molar-refractivity contribution in [1.29, 1.82) is 0 Å². The largest absolute Gasteiger partial charge is 0.481 e. The minimum Gasteiger partial charge on any atom is -0.481 e. The predicted molar refractivity (Wildman–Crippen MR) is 174 cm³/mol. The van der Waals surface area contributed by atoms with Crippen LogP contribution >= 0.6 is 0 Å². The fourth-order valence-electron chi connectivity index (χ4n) is 5.65. The van der Waals surface area contributed by atoms with Gasteiger partial charge in [-0.25, -0.2) is 4.39 Å². The monoisotopic (exact) mass is 620 g/mol. The molecule has 242 valence electrons. The van der Waals surface area contributed by atoms with E-state index in [1.807, 2.05) is 65.7 Å². The van der Waals surface area contributed by atoms with Gasteiger partial charge in [0.25, 0.3) is 11.5 Å². The van der Waals surface area contributed by atoms with E-state index in [1.165, 1.54) is 10.6 Å². The molecule has 1 heterocycles. The van der Waals surface area contributed by atoms with E-state index in [1.54, 1.807) is 31.3 Å². The number of carboxylic acid groups (broad SMARTS) is 1. The summed E-state index contributed by atoms with van der Waals surface area (Å²) in [5, 5.41) is 15.1. The molecule has 3 aromatic rings. The van der Waals surface area contributed by atoms with Crippen molar-refractivity contribution in [2.75, 3.05) is 20.6 Å². The second-order valence-corrected chi connectivity index (χ2v) is 12.5. The molecule has 9 nitrogen and oxygen atoms in total. The van der Waals surface area contributed by atoms with Crippen LogP contribution in [0, 0.1) is 39.4 Å². The highest BCUT2D eigenvalue weighted by Gasteiger charge is 2.29. The van der Waals surface area contributed by atoms with Crippen LogP contribution in [0.15, 0.2) is 47.4 Å². The van der Waals surface area contributed by atoms with E-state index in [4.69, 9.17) is 0 Å². The maximum atomic E-state index is 15.7. The number of amides is 2. The summed E-state index contributed by atoms with van der Waals surface area (Å²) in [5.74, 6) is -3.26. The van der Waals surface area contributed by atoms with Crippen molar-refractivity contribution in [2.24, 2.45) is 5.92 Å². The van der Waals surface area contributed by atoms with Gasteiger partial charge in [0.2, 0.25) is 5.91 Å². The standard InChI is InChI=1S/C35H45FN4O5/c1-20(2)14-29(38-33(43)26-10-9-11-40(35(26)45)13-12-39(7)8)34(44)37-28(19-30(41)42)27-18-25(17-24(6)32(27)36)31-22(4)15-21(3)16-23(31)5/h9-11,15-18,20,28-29H,12-14,19H2,1-8H3,(H,37,44)(H,38,43)(H,41,42)/t28?,29-/m0/s1. The number of pyridine rings is 1. The second-order valence-electron chi connectivity index (χ2n) is 12.5. The van der Waals surface area contributed by atoms with E-state index < -0.39 is 47.7 Å². The highest BCUT2D eigenvalue weighted by Crippen LogP contribution is 2.34. The van der Waals surface area contributed by atoms with Crippen LogP contribution in [0.3, 0.4) is 0 Å². The van der Waals surface area contributed by atoms with Gasteiger partial charge in [-0.3, -0.25) is 19.2 Å². The van der Waals surface area contributed by atoms with Crippen LogP contribution in [0.25, 0.3) is 11.1 Å². The molecule has 0 aliphatic rings. The average Bonchev–Trinajstić information content (AvgIpc) is 2.92. The van der Waals surface area contributed by atoms with Gasteiger partial charge in [0.05, 0.1) is 12.5 Å². The van der Waals surface area contributed by atoms with Crippen molar-refractivity contribution in [3.05, 3.63) is 92.1 Å². The molecular weight excluding hydrogens is 575 g/mol. The molecule has 3 rings (SSSR count).